The summed E-state index contributed by atoms with van der Waals surface area (Å²) in [4.78, 5) is 0. The number of methoxy groups -OCH3 is 1. The van der Waals surface area contributed by atoms with Crippen molar-refractivity contribution in [2.75, 3.05) is 19.0 Å². The summed E-state index contributed by atoms with van der Waals surface area (Å²) in [5.41, 5.74) is 0.701. The highest BCUT2D eigenvalue weighted by Gasteiger charge is 2.04. The third-order valence-electron chi connectivity index (χ3n) is 1.94. The number of hydrogen-bond donors (Lipinski definition) is 2. The molecule has 0 aliphatic rings. The molecule has 1 aromatic rings. The van der Waals surface area contributed by atoms with E-state index in [2.05, 4.69) is 17.6 Å². The van der Waals surface area contributed by atoms with Gasteiger partial charge in [0.15, 0.2) is 16.7 Å². The van der Waals surface area contributed by atoms with Crippen LogP contribution >= 0.6 is 12.2 Å². The average molecular weight is 242 g/mol. The maximum absolute atomic E-state index is 13.1. The van der Waals surface area contributed by atoms with Gasteiger partial charge >= 0.3 is 0 Å². The Balaban J connectivity index is 2.63. The fourth-order valence-electron chi connectivity index (χ4n) is 1.15. The van der Waals surface area contributed by atoms with E-state index < -0.39 is 0 Å². The molecule has 0 fully saturated rings. The molecular weight excluding hydrogens is 227 g/mol. The normalized spacial score (nSPS) is 9.69. The molecule has 0 aliphatic carbocycles. The summed E-state index contributed by atoms with van der Waals surface area (Å²) in [5, 5.41) is 6.49. The van der Waals surface area contributed by atoms with Crippen molar-refractivity contribution in [1.82, 2.24) is 5.32 Å². The Morgan fingerprint density at radius 3 is 2.88 bits per heavy atom. The Morgan fingerprint density at radius 2 is 2.25 bits per heavy atom. The Labute approximate surface area is 100.0 Å². The standard InChI is InChI=1S/C11H15FN2OS/c1-3-6-13-11(16)14-8-4-5-9(12)10(7-8)15-2/h4-5,7H,3,6H2,1-2H3,(H2,13,14,16). The monoisotopic (exact) mass is 242 g/mol. The minimum atomic E-state index is -0.388. The van der Waals surface area contributed by atoms with Crippen molar-refractivity contribution in [3.05, 3.63) is 24.0 Å². The van der Waals surface area contributed by atoms with Crippen LogP contribution in [-0.2, 0) is 0 Å². The van der Waals surface area contributed by atoms with E-state index in [0.29, 0.717) is 10.8 Å². The van der Waals surface area contributed by atoms with E-state index in [1.54, 1.807) is 12.1 Å². The number of nitrogens with one attached hydrogen (secondary N) is 2. The number of ether oxygens (including phenoxy) is 1. The summed E-state index contributed by atoms with van der Waals surface area (Å²) < 4.78 is 18.0. The van der Waals surface area contributed by atoms with Gasteiger partial charge in [0.1, 0.15) is 0 Å². The van der Waals surface area contributed by atoms with Gasteiger partial charge in [-0.05, 0) is 30.8 Å². The first-order valence-corrected chi connectivity index (χ1v) is 5.46. The summed E-state index contributed by atoms with van der Waals surface area (Å²) in [7, 11) is 1.43. The Bertz CT molecular complexity index is 371. The van der Waals surface area contributed by atoms with E-state index >= 15 is 0 Å². The van der Waals surface area contributed by atoms with Crippen LogP contribution in [0.4, 0.5) is 10.1 Å². The minimum Gasteiger partial charge on any atom is -0.494 e. The summed E-state index contributed by atoms with van der Waals surface area (Å²) in [6.45, 7) is 2.86. The molecular formula is C11H15FN2OS. The molecule has 0 spiro atoms. The van der Waals surface area contributed by atoms with Gasteiger partial charge in [0.25, 0.3) is 0 Å². The highest BCUT2D eigenvalue weighted by atomic mass is 32.1. The van der Waals surface area contributed by atoms with Gasteiger partial charge in [-0.25, -0.2) is 4.39 Å². The van der Waals surface area contributed by atoms with Gasteiger partial charge in [-0.2, -0.15) is 0 Å². The number of rotatable bonds is 4. The lowest BCUT2D eigenvalue weighted by atomic mass is 10.3. The Morgan fingerprint density at radius 1 is 1.50 bits per heavy atom. The minimum absolute atomic E-state index is 0.197. The second-order valence-electron chi connectivity index (χ2n) is 3.23. The first kappa shape index (κ1) is 12.7. The molecule has 0 aliphatic heterocycles. The molecule has 2 N–H and O–H groups in total. The van der Waals surface area contributed by atoms with Crippen LogP contribution < -0.4 is 15.4 Å². The maximum Gasteiger partial charge on any atom is 0.170 e. The quantitative estimate of drug-likeness (QED) is 0.795. The summed E-state index contributed by atoms with van der Waals surface area (Å²) in [6.07, 6.45) is 0.995. The molecule has 0 atom stereocenters. The van der Waals surface area contributed by atoms with E-state index in [0.717, 1.165) is 13.0 Å². The highest BCUT2D eigenvalue weighted by Crippen LogP contribution is 2.21. The fraction of sp³-hybridized carbons (Fsp3) is 0.364. The number of halogens is 1. The summed E-state index contributed by atoms with van der Waals surface area (Å²) in [5.74, 6) is -0.191. The van der Waals surface area contributed by atoms with Crippen molar-refractivity contribution in [2.24, 2.45) is 0 Å². The lowest BCUT2D eigenvalue weighted by Crippen LogP contribution is -2.28. The van der Waals surface area contributed by atoms with Gasteiger partial charge in [0.05, 0.1) is 7.11 Å². The second-order valence-corrected chi connectivity index (χ2v) is 3.64. The molecule has 0 bridgehead atoms. The number of thiocarbonyl (C=S) groups is 1. The van der Waals surface area contributed by atoms with Crippen LogP contribution in [-0.4, -0.2) is 18.8 Å². The van der Waals surface area contributed by atoms with E-state index in [9.17, 15) is 4.39 Å². The molecule has 5 heteroatoms. The third-order valence-corrected chi connectivity index (χ3v) is 2.19. The van der Waals surface area contributed by atoms with Gasteiger partial charge in [0.2, 0.25) is 0 Å². The van der Waals surface area contributed by atoms with Crippen LogP contribution in [0.1, 0.15) is 13.3 Å². The molecule has 1 aromatic carbocycles. The highest BCUT2D eigenvalue weighted by molar-refractivity contribution is 7.80. The molecule has 0 saturated heterocycles. The number of benzene rings is 1. The molecule has 0 amide bonds. The fourth-order valence-corrected chi connectivity index (χ4v) is 1.37. The predicted octanol–water partition coefficient (Wildman–Crippen LogP) is 2.53. The van der Waals surface area contributed by atoms with Gasteiger partial charge in [-0.3, -0.25) is 0 Å². The van der Waals surface area contributed by atoms with E-state index in [1.165, 1.54) is 13.2 Å². The van der Waals surface area contributed by atoms with Gasteiger partial charge in [0, 0.05) is 18.3 Å². The third kappa shape index (κ3) is 3.66. The Hall–Kier alpha value is -1.36. The smallest absolute Gasteiger partial charge is 0.170 e. The van der Waals surface area contributed by atoms with Crippen molar-refractivity contribution >= 4 is 23.0 Å². The number of anilines is 1. The molecule has 88 valence electrons. The van der Waals surface area contributed by atoms with Crippen LogP contribution in [0.25, 0.3) is 0 Å². The molecule has 0 unspecified atom stereocenters. The molecule has 0 heterocycles. The van der Waals surface area contributed by atoms with Crippen LogP contribution in [0.5, 0.6) is 5.75 Å². The Kier molecular flexibility index (Phi) is 4.98. The average Bonchev–Trinajstić information content (AvgIpc) is 2.29. The molecule has 0 saturated carbocycles. The lowest BCUT2D eigenvalue weighted by Gasteiger charge is -2.10. The van der Waals surface area contributed by atoms with E-state index in [1.807, 2.05) is 0 Å². The largest absolute Gasteiger partial charge is 0.494 e. The van der Waals surface area contributed by atoms with Crippen molar-refractivity contribution in [1.29, 1.82) is 0 Å². The van der Waals surface area contributed by atoms with E-state index in [-0.39, 0.29) is 11.6 Å². The van der Waals surface area contributed by atoms with Crippen molar-refractivity contribution in [2.45, 2.75) is 13.3 Å². The van der Waals surface area contributed by atoms with Crippen molar-refractivity contribution in [3.63, 3.8) is 0 Å². The molecule has 0 aromatic heterocycles. The molecule has 0 radical (unpaired) electrons. The van der Waals surface area contributed by atoms with Gasteiger partial charge in [-0.15, -0.1) is 0 Å². The zero-order valence-corrected chi connectivity index (χ0v) is 10.2. The summed E-state index contributed by atoms with van der Waals surface area (Å²) in [6, 6.07) is 4.51. The van der Waals surface area contributed by atoms with Crippen molar-refractivity contribution in [3.8, 4) is 5.75 Å². The zero-order valence-electron chi connectivity index (χ0n) is 9.34. The topological polar surface area (TPSA) is 33.3 Å². The van der Waals surface area contributed by atoms with Crippen LogP contribution in [0, 0.1) is 5.82 Å². The zero-order chi connectivity index (χ0) is 12.0. The number of hydrogen-bond acceptors (Lipinski definition) is 2. The SMILES string of the molecule is CCCNC(=S)Nc1ccc(F)c(OC)c1. The first-order chi connectivity index (χ1) is 7.67. The maximum atomic E-state index is 13.1. The van der Waals surface area contributed by atoms with Gasteiger partial charge in [-0.1, -0.05) is 6.92 Å². The lowest BCUT2D eigenvalue weighted by molar-refractivity contribution is 0.387. The van der Waals surface area contributed by atoms with Crippen LogP contribution in [0.15, 0.2) is 18.2 Å². The van der Waals surface area contributed by atoms with Crippen LogP contribution in [0.3, 0.4) is 0 Å². The van der Waals surface area contributed by atoms with Crippen LogP contribution in [0.2, 0.25) is 0 Å². The molecule has 16 heavy (non-hydrogen) atoms. The second kappa shape index (κ2) is 6.27. The summed E-state index contributed by atoms with van der Waals surface area (Å²) >= 11 is 5.06. The molecule has 3 nitrogen and oxygen atoms in total. The first-order valence-electron chi connectivity index (χ1n) is 5.05. The van der Waals surface area contributed by atoms with E-state index in [4.69, 9.17) is 17.0 Å². The molecule has 1 rings (SSSR count). The van der Waals surface area contributed by atoms with Gasteiger partial charge < -0.3 is 15.4 Å². The predicted molar refractivity (Wildman–Crippen MR) is 67.5 cm³/mol. The van der Waals surface area contributed by atoms with Crippen molar-refractivity contribution < 1.29 is 9.13 Å².